The SMILES string of the molecule is Cc1n[nH]c(C)c1-c1ccc(NC(=O)[C@@H](NC(=O)c2cnnn2C(C)C)C(C2CC2)C2CC2)nc1F. The smallest absolute Gasteiger partial charge is 0.271 e. The van der Waals surface area contributed by atoms with E-state index < -0.39 is 23.8 Å². The van der Waals surface area contributed by atoms with Gasteiger partial charge in [0, 0.05) is 22.9 Å². The standard InChI is InChI=1S/C25H31FN8O2/c1-12(2)34-18(11-27-33-34)24(35)30-22(21(15-5-6-15)16-7-8-16)25(36)29-19-10-9-17(23(26)28-19)20-13(3)31-32-14(20)4/h9-12,15-16,21-22H,5-8H2,1-4H3,(H,30,35)(H,31,32)(H,28,29,36)/t22-/m0/s1. The second-order valence-electron chi connectivity index (χ2n) is 10.2. The number of aryl methyl sites for hydroxylation is 2. The van der Waals surface area contributed by atoms with Gasteiger partial charge in [0.25, 0.3) is 5.91 Å². The highest BCUT2D eigenvalue weighted by Gasteiger charge is 2.48. The van der Waals surface area contributed by atoms with Crippen molar-refractivity contribution in [2.75, 3.05) is 5.32 Å². The van der Waals surface area contributed by atoms with Crippen LogP contribution in [-0.4, -0.2) is 48.0 Å². The van der Waals surface area contributed by atoms with Crippen molar-refractivity contribution < 1.29 is 14.0 Å². The summed E-state index contributed by atoms with van der Waals surface area (Å²) in [6.45, 7) is 7.42. The summed E-state index contributed by atoms with van der Waals surface area (Å²) in [4.78, 5) is 30.7. The zero-order valence-electron chi connectivity index (χ0n) is 20.9. The summed E-state index contributed by atoms with van der Waals surface area (Å²) in [5.41, 5.74) is 2.66. The van der Waals surface area contributed by atoms with Crippen LogP contribution in [0.1, 0.15) is 67.4 Å². The topological polar surface area (TPSA) is 130 Å². The summed E-state index contributed by atoms with van der Waals surface area (Å²) in [5.74, 6) is -0.599. The number of amides is 2. The Bertz CT molecular complexity index is 1260. The number of carbonyl (C=O) groups excluding carboxylic acids is 2. The van der Waals surface area contributed by atoms with E-state index in [-0.39, 0.29) is 17.8 Å². The van der Waals surface area contributed by atoms with Crippen molar-refractivity contribution in [1.29, 1.82) is 0 Å². The Morgan fingerprint density at radius 3 is 2.39 bits per heavy atom. The van der Waals surface area contributed by atoms with Crippen molar-refractivity contribution in [1.82, 2.24) is 35.5 Å². The Labute approximate surface area is 208 Å². The highest BCUT2D eigenvalue weighted by atomic mass is 19.1. The lowest BCUT2D eigenvalue weighted by molar-refractivity contribution is -0.119. The maximum absolute atomic E-state index is 15.0. The number of nitrogens with zero attached hydrogens (tertiary/aromatic N) is 5. The van der Waals surface area contributed by atoms with E-state index in [2.05, 4.69) is 36.1 Å². The quantitative estimate of drug-likeness (QED) is 0.390. The summed E-state index contributed by atoms with van der Waals surface area (Å²) >= 11 is 0. The maximum Gasteiger partial charge on any atom is 0.271 e. The van der Waals surface area contributed by atoms with E-state index in [1.807, 2.05) is 20.8 Å². The van der Waals surface area contributed by atoms with Gasteiger partial charge in [0.1, 0.15) is 17.6 Å². The van der Waals surface area contributed by atoms with Crippen LogP contribution in [-0.2, 0) is 4.79 Å². The first-order valence-corrected chi connectivity index (χ1v) is 12.4. The normalized spacial score (nSPS) is 16.4. The molecule has 10 nitrogen and oxygen atoms in total. The van der Waals surface area contributed by atoms with Gasteiger partial charge in [0.05, 0.1) is 11.9 Å². The third kappa shape index (κ3) is 4.74. The molecule has 2 saturated carbocycles. The molecule has 36 heavy (non-hydrogen) atoms. The number of hydrogen-bond donors (Lipinski definition) is 3. The molecule has 0 spiro atoms. The van der Waals surface area contributed by atoms with Gasteiger partial charge < -0.3 is 10.6 Å². The van der Waals surface area contributed by atoms with E-state index in [1.54, 1.807) is 19.1 Å². The van der Waals surface area contributed by atoms with Crippen LogP contribution in [0.4, 0.5) is 10.2 Å². The van der Waals surface area contributed by atoms with Gasteiger partial charge in [-0.1, -0.05) is 5.21 Å². The predicted molar refractivity (Wildman–Crippen MR) is 130 cm³/mol. The van der Waals surface area contributed by atoms with E-state index in [0.29, 0.717) is 34.4 Å². The summed E-state index contributed by atoms with van der Waals surface area (Å²) in [6, 6.07) is 2.33. The molecule has 0 bridgehead atoms. The van der Waals surface area contributed by atoms with E-state index in [0.717, 1.165) is 31.4 Å². The Hall–Kier alpha value is -3.63. The van der Waals surface area contributed by atoms with Crippen molar-refractivity contribution in [2.24, 2.45) is 17.8 Å². The first kappa shape index (κ1) is 24.1. The summed E-state index contributed by atoms with van der Waals surface area (Å²) in [5, 5.41) is 20.5. The van der Waals surface area contributed by atoms with Gasteiger partial charge in [-0.2, -0.15) is 9.49 Å². The minimum absolute atomic E-state index is 0.0256. The summed E-state index contributed by atoms with van der Waals surface area (Å²) in [7, 11) is 0. The molecule has 190 valence electrons. The molecule has 1 atom stereocenters. The van der Waals surface area contributed by atoms with Crippen molar-refractivity contribution in [3.8, 4) is 11.1 Å². The molecule has 0 saturated heterocycles. The van der Waals surface area contributed by atoms with Crippen LogP contribution in [0, 0.1) is 37.5 Å². The highest BCUT2D eigenvalue weighted by molar-refractivity contribution is 6.00. The number of rotatable bonds is 9. The molecule has 5 rings (SSSR count). The molecule has 2 fully saturated rings. The molecule has 0 unspecified atom stereocenters. The third-order valence-electron chi connectivity index (χ3n) is 7.08. The molecule has 2 aliphatic carbocycles. The van der Waals surface area contributed by atoms with Crippen LogP contribution < -0.4 is 10.6 Å². The fourth-order valence-electron chi connectivity index (χ4n) is 5.07. The third-order valence-corrected chi connectivity index (χ3v) is 7.08. The van der Waals surface area contributed by atoms with Crippen LogP contribution in [0.3, 0.4) is 0 Å². The van der Waals surface area contributed by atoms with E-state index in [1.165, 1.54) is 10.9 Å². The Kier molecular flexibility index (Phi) is 6.31. The zero-order chi connectivity index (χ0) is 25.6. The van der Waals surface area contributed by atoms with E-state index in [9.17, 15) is 14.0 Å². The number of aromatic amines is 1. The number of nitrogens with one attached hydrogen (secondary N) is 3. The minimum Gasteiger partial charge on any atom is -0.339 e. The second-order valence-corrected chi connectivity index (χ2v) is 10.2. The molecule has 2 amide bonds. The number of H-pyrrole nitrogens is 1. The van der Waals surface area contributed by atoms with Gasteiger partial charge >= 0.3 is 0 Å². The largest absolute Gasteiger partial charge is 0.339 e. The molecule has 0 radical (unpaired) electrons. The number of pyridine rings is 1. The van der Waals surface area contributed by atoms with Crippen molar-refractivity contribution >= 4 is 17.6 Å². The van der Waals surface area contributed by atoms with Gasteiger partial charge in [0.2, 0.25) is 11.9 Å². The van der Waals surface area contributed by atoms with E-state index in [4.69, 9.17) is 0 Å². The molecular weight excluding hydrogens is 463 g/mol. The lowest BCUT2D eigenvalue weighted by Gasteiger charge is -2.27. The lowest BCUT2D eigenvalue weighted by Crippen LogP contribution is -2.50. The van der Waals surface area contributed by atoms with Gasteiger partial charge in [-0.3, -0.25) is 14.7 Å². The lowest BCUT2D eigenvalue weighted by atomic mass is 9.88. The van der Waals surface area contributed by atoms with Crippen molar-refractivity contribution in [2.45, 2.75) is 65.5 Å². The monoisotopic (exact) mass is 494 g/mol. The Morgan fingerprint density at radius 2 is 1.83 bits per heavy atom. The van der Waals surface area contributed by atoms with Crippen LogP contribution >= 0.6 is 0 Å². The Morgan fingerprint density at radius 1 is 1.14 bits per heavy atom. The summed E-state index contributed by atoms with van der Waals surface area (Å²) < 4.78 is 16.5. The molecule has 2 aliphatic rings. The number of aromatic nitrogens is 6. The number of anilines is 1. The van der Waals surface area contributed by atoms with Gasteiger partial charge in [-0.25, -0.2) is 9.67 Å². The summed E-state index contributed by atoms with van der Waals surface area (Å²) in [6.07, 6.45) is 5.56. The first-order valence-electron chi connectivity index (χ1n) is 12.4. The number of halogens is 1. The van der Waals surface area contributed by atoms with Crippen LogP contribution in [0.2, 0.25) is 0 Å². The van der Waals surface area contributed by atoms with Crippen LogP contribution in [0.25, 0.3) is 11.1 Å². The minimum atomic E-state index is -0.768. The highest BCUT2D eigenvalue weighted by Crippen LogP contribution is 2.51. The molecule has 0 aliphatic heterocycles. The first-order chi connectivity index (χ1) is 17.2. The van der Waals surface area contributed by atoms with E-state index >= 15 is 0 Å². The van der Waals surface area contributed by atoms with Crippen LogP contribution in [0.15, 0.2) is 18.3 Å². The molecule has 3 aromatic rings. The molecule has 3 aromatic heterocycles. The molecular formula is C25H31FN8O2. The van der Waals surface area contributed by atoms with Gasteiger partial charge in [-0.15, -0.1) is 5.10 Å². The number of hydrogen-bond acceptors (Lipinski definition) is 6. The van der Waals surface area contributed by atoms with Gasteiger partial charge in [-0.05, 0) is 83.3 Å². The fourth-order valence-corrected chi connectivity index (χ4v) is 5.07. The maximum atomic E-state index is 15.0. The Balaban J connectivity index is 1.39. The molecule has 3 heterocycles. The number of carbonyl (C=O) groups is 2. The predicted octanol–water partition coefficient (Wildman–Crippen LogP) is 3.57. The second kappa shape index (κ2) is 9.44. The molecule has 11 heteroatoms. The fraction of sp³-hybridized carbons (Fsp3) is 0.520. The van der Waals surface area contributed by atoms with Gasteiger partial charge in [0.15, 0.2) is 0 Å². The zero-order valence-corrected chi connectivity index (χ0v) is 20.9. The average molecular weight is 495 g/mol. The molecule has 0 aromatic carbocycles. The van der Waals surface area contributed by atoms with Crippen molar-refractivity contribution in [3.05, 3.63) is 41.4 Å². The van der Waals surface area contributed by atoms with Crippen LogP contribution in [0.5, 0.6) is 0 Å². The van der Waals surface area contributed by atoms with Crippen molar-refractivity contribution in [3.63, 3.8) is 0 Å². The average Bonchev–Trinajstić information content (AvgIpc) is 3.76. The molecule has 3 N–H and O–H groups in total.